The maximum absolute atomic E-state index is 12.6. The van der Waals surface area contributed by atoms with E-state index in [4.69, 9.17) is 4.74 Å². The summed E-state index contributed by atoms with van der Waals surface area (Å²) in [6.07, 6.45) is -4.52. The van der Waals surface area contributed by atoms with Crippen LogP contribution in [-0.2, 0) is 15.8 Å². The van der Waals surface area contributed by atoms with Crippen LogP contribution in [0.5, 0.6) is 5.75 Å². The number of hydrazone groups is 1. The fraction of sp³-hybridized carbons (Fsp3) is 0.120. The standard InChI is InChI=1S/C25H20F3N3O4/c1-15-7-3-4-8-19(15)24(34)35-21-10-6-5-9-20(21)16(2)30-31-23(33)22(32)29-18-13-11-17(12-14-18)25(26,27)28/h3-14H,1-2H3,(H,29,32)(H,31,33)/b30-16+. The first-order chi connectivity index (χ1) is 16.6. The topological polar surface area (TPSA) is 96.9 Å². The third kappa shape index (κ3) is 6.53. The van der Waals surface area contributed by atoms with E-state index in [-0.39, 0.29) is 17.1 Å². The summed E-state index contributed by atoms with van der Waals surface area (Å²) in [6.45, 7) is 3.31. The van der Waals surface area contributed by atoms with Gasteiger partial charge in [0.2, 0.25) is 0 Å². The minimum atomic E-state index is -4.52. The lowest BCUT2D eigenvalue weighted by atomic mass is 10.1. The van der Waals surface area contributed by atoms with E-state index in [1.54, 1.807) is 55.5 Å². The number of amides is 2. The minimum absolute atomic E-state index is 0.00677. The molecule has 0 radical (unpaired) electrons. The van der Waals surface area contributed by atoms with E-state index in [2.05, 4.69) is 15.8 Å². The zero-order valence-corrected chi connectivity index (χ0v) is 18.6. The van der Waals surface area contributed by atoms with Crippen LogP contribution in [0, 0.1) is 6.92 Å². The molecule has 3 rings (SSSR count). The summed E-state index contributed by atoms with van der Waals surface area (Å²) in [4.78, 5) is 36.7. The van der Waals surface area contributed by atoms with E-state index in [0.717, 1.165) is 29.8 Å². The number of hydrogen-bond donors (Lipinski definition) is 2. The van der Waals surface area contributed by atoms with Crippen LogP contribution in [0.25, 0.3) is 0 Å². The van der Waals surface area contributed by atoms with E-state index >= 15 is 0 Å². The Morgan fingerprint density at radius 2 is 1.43 bits per heavy atom. The largest absolute Gasteiger partial charge is 0.422 e. The maximum Gasteiger partial charge on any atom is 0.416 e. The second-order valence-corrected chi connectivity index (χ2v) is 7.37. The molecule has 0 aliphatic carbocycles. The molecule has 0 heterocycles. The van der Waals surface area contributed by atoms with Crippen LogP contribution in [0.15, 0.2) is 77.9 Å². The minimum Gasteiger partial charge on any atom is -0.422 e. The first-order valence-corrected chi connectivity index (χ1v) is 10.3. The lowest BCUT2D eigenvalue weighted by molar-refractivity contribution is -0.137. The van der Waals surface area contributed by atoms with Crippen molar-refractivity contribution in [2.45, 2.75) is 20.0 Å². The molecule has 7 nitrogen and oxygen atoms in total. The summed E-state index contributed by atoms with van der Waals surface area (Å²) >= 11 is 0. The Balaban J connectivity index is 1.66. The molecule has 0 aromatic heterocycles. The molecule has 0 saturated carbocycles. The average molecular weight is 483 g/mol. The molecule has 0 aliphatic rings. The number of esters is 1. The number of ether oxygens (including phenoxy) is 1. The number of alkyl halides is 3. The number of halogens is 3. The number of carbonyl (C=O) groups excluding carboxylic acids is 3. The van der Waals surface area contributed by atoms with Crippen molar-refractivity contribution in [3.05, 3.63) is 95.1 Å². The molecule has 0 unspecified atom stereocenters. The number of anilines is 1. The third-order valence-electron chi connectivity index (χ3n) is 4.85. The number of nitrogens with one attached hydrogen (secondary N) is 2. The molecule has 2 amide bonds. The molecule has 2 N–H and O–H groups in total. The number of aryl methyl sites for hydroxylation is 1. The summed E-state index contributed by atoms with van der Waals surface area (Å²) in [5.74, 6) is -2.63. The summed E-state index contributed by atoms with van der Waals surface area (Å²) in [5.41, 5.74) is 2.98. The van der Waals surface area contributed by atoms with Gasteiger partial charge < -0.3 is 10.1 Å². The van der Waals surface area contributed by atoms with Gasteiger partial charge in [0.05, 0.1) is 16.8 Å². The van der Waals surface area contributed by atoms with Gasteiger partial charge in [0.1, 0.15) is 5.75 Å². The van der Waals surface area contributed by atoms with Crippen molar-refractivity contribution >= 4 is 29.2 Å². The molecule has 0 saturated heterocycles. The number of nitrogens with zero attached hydrogens (tertiary/aromatic N) is 1. The highest BCUT2D eigenvalue weighted by molar-refractivity contribution is 6.39. The first-order valence-electron chi connectivity index (χ1n) is 10.3. The average Bonchev–Trinajstić information content (AvgIpc) is 2.82. The maximum atomic E-state index is 12.6. The fourth-order valence-electron chi connectivity index (χ4n) is 2.99. The molecule has 0 aliphatic heterocycles. The number of rotatable bonds is 5. The van der Waals surface area contributed by atoms with Gasteiger partial charge in [0.25, 0.3) is 0 Å². The predicted octanol–water partition coefficient (Wildman–Crippen LogP) is 4.71. The Bertz CT molecular complexity index is 1290. The van der Waals surface area contributed by atoms with Crippen LogP contribution in [0.3, 0.4) is 0 Å². The smallest absolute Gasteiger partial charge is 0.416 e. The normalized spacial score (nSPS) is 11.5. The molecule has 0 spiro atoms. The van der Waals surface area contributed by atoms with Crippen LogP contribution < -0.4 is 15.5 Å². The molecule has 3 aromatic carbocycles. The van der Waals surface area contributed by atoms with Gasteiger partial charge >= 0.3 is 24.0 Å². The van der Waals surface area contributed by atoms with Gasteiger partial charge in [-0.1, -0.05) is 30.3 Å². The van der Waals surface area contributed by atoms with Crippen LogP contribution >= 0.6 is 0 Å². The lowest BCUT2D eigenvalue weighted by Gasteiger charge is -2.11. The summed E-state index contributed by atoms with van der Waals surface area (Å²) in [7, 11) is 0. The van der Waals surface area contributed by atoms with Crippen molar-refractivity contribution in [2.75, 3.05) is 5.32 Å². The second kappa shape index (κ2) is 10.6. The van der Waals surface area contributed by atoms with Crippen LogP contribution in [0.1, 0.15) is 34.0 Å². The Kier molecular flexibility index (Phi) is 7.65. The van der Waals surface area contributed by atoms with Crippen LogP contribution in [-0.4, -0.2) is 23.5 Å². The summed E-state index contributed by atoms with van der Waals surface area (Å²) < 4.78 is 43.4. The van der Waals surface area contributed by atoms with Gasteiger partial charge in [-0.05, 0) is 61.9 Å². The lowest BCUT2D eigenvalue weighted by Crippen LogP contribution is -2.33. The van der Waals surface area contributed by atoms with Crippen LogP contribution in [0.2, 0.25) is 0 Å². The summed E-state index contributed by atoms with van der Waals surface area (Å²) in [5, 5.41) is 6.07. The van der Waals surface area contributed by atoms with E-state index in [9.17, 15) is 27.6 Å². The van der Waals surface area contributed by atoms with Gasteiger partial charge in [-0.15, -0.1) is 0 Å². The summed E-state index contributed by atoms with van der Waals surface area (Å²) in [6, 6.07) is 17.1. The number of benzene rings is 3. The van der Waals surface area contributed by atoms with Gasteiger partial charge in [-0.2, -0.15) is 18.3 Å². The van der Waals surface area contributed by atoms with Gasteiger partial charge in [-0.3, -0.25) is 9.59 Å². The highest BCUT2D eigenvalue weighted by atomic mass is 19.4. The van der Waals surface area contributed by atoms with Gasteiger partial charge in [-0.25, -0.2) is 10.2 Å². The van der Waals surface area contributed by atoms with Crippen molar-refractivity contribution < 1.29 is 32.3 Å². The first kappa shape index (κ1) is 25.2. The molecule has 0 fully saturated rings. The molecular formula is C25H20F3N3O4. The highest BCUT2D eigenvalue weighted by Gasteiger charge is 2.30. The molecule has 3 aromatic rings. The van der Waals surface area contributed by atoms with E-state index in [0.29, 0.717) is 11.1 Å². The van der Waals surface area contributed by atoms with Crippen molar-refractivity contribution in [1.29, 1.82) is 0 Å². The Morgan fingerprint density at radius 3 is 2.06 bits per heavy atom. The Labute approximate surface area is 198 Å². The van der Waals surface area contributed by atoms with Crippen molar-refractivity contribution in [3.63, 3.8) is 0 Å². The molecule has 35 heavy (non-hydrogen) atoms. The SMILES string of the molecule is C/C(=N\NC(=O)C(=O)Nc1ccc(C(F)(F)F)cc1)c1ccccc1OC(=O)c1ccccc1C. The van der Waals surface area contributed by atoms with Gasteiger partial charge in [0.15, 0.2) is 0 Å². The highest BCUT2D eigenvalue weighted by Crippen LogP contribution is 2.29. The zero-order chi connectivity index (χ0) is 25.6. The molecular weight excluding hydrogens is 463 g/mol. The van der Waals surface area contributed by atoms with Crippen molar-refractivity contribution in [3.8, 4) is 5.75 Å². The molecule has 180 valence electrons. The fourth-order valence-corrected chi connectivity index (χ4v) is 2.99. The second-order valence-electron chi connectivity index (χ2n) is 7.37. The molecule has 10 heteroatoms. The third-order valence-corrected chi connectivity index (χ3v) is 4.85. The van der Waals surface area contributed by atoms with Gasteiger partial charge in [0, 0.05) is 11.3 Å². The van der Waals surface area contributed by atoms with E-state index in [1.807, 2.05) is 0 Å². The number of hydrogen-bond acceptors (Lipinski definition) is 5. The van der Waals surface area contributed by atoms with Crippen molar-refractivity contribution in [1.82, 2.24) is 5.43 Å². The van der Waals surface area contributed by atoms with E-state index < -0.39 is 29.5 Å². The van der Waals surface area contributed by atoms with Crippen molar-refractivity contribution in [2.24, 2.45) is 5.10 Å². The number of para-hydroxylation sites is 1. The van der Waals surface area contributed by atoms with E-state index in [1.165, 1.54) is 6.92 Å². The molecule has 0 bridgehead atoms. The predicted molar refractivity (Wildman–Crippen MR) is 123 cm³/mol. The quantitative estimate of drug-likeness (QED) is 0.181. The molecule has 0 atom stereocenters. The van der Waals surface area contributed by atoms with Crippen LogP contribution in [0.4, 0.5) is 18.9 Å². The Morgan fingerprint density at radius 1 is 0.829 bits per heavy atom. The zero-order valence-electron chi connectivity index (χ0n) is 18.6. The Hall–Kier alpha value is -4.47. The monoisotopic (exact) mass is 483 g/mol. The number of carbonyl (C=O) groups is 3.